The number of para-hydroxylation sites is 2. The molecule has 0 spiro atoms. The highest BCUT2D eigenvalue weighted by Crippen LogP contribution is 2.57. The van der Waals surface area contributed by atoms with E-state index in [4.69, 9.17) is 0 Å². The van der Waals surface area contributed by atoms with Gasteiger partial charge in [0.1, 0.15) is 5.82 Å². The van der Waals surface area contributed by atoms with Crippen LogP contribution in [0.1, 0.15) is 22.3 Å². The van der Waals surface area contributed by atoms with Gasteiger partial charge in [-0.2, -0.15) is 0 Å². The first-order valence-corrected chi connectivity index (χ1v) is 17.2. The molecule has 3 nitrogen and oxygen atoms in total. The molecule has 0 amide bonds. The first-order valence-electron chi connectivity index (χ1n) is 17.2. The first-order chi connectivity index (χ1) is 24.8. The maximum atomic E-state index is 3.54. The number of benzene rings is 7. The van der Waals surface area contributed by atoms with Crippen LogP contribution in [0.4, 0.5) is 17.2 Å². The lowest BCUT2D eigenvalue weighted by atomic mass is 9.67. The third-order valence-corrected chi connectivity index (χ3v) is 10.5. The van der Waals surface area contributed by atoms with Gasteiger partial charge in [0.2, 0.25) is 0 Å². The lowest BCUT2D eigenvalue weighted by molar-refractivity contribution is 0.768. The summed E-state index contributed by atoms with van der Waals surface area (Å²) in [5, 5.41) is 2.45. The number of anilines is 3. The largest absolute Gasteiger partial charge is 0.348 e. The highest BCUT2D eigenvalue weighted by molar-refractivity contribution is 6.10. The molecule has 10 rings (SSSR count). The molecule has 9 aromatic rings. The lowest BCUT2D eigenvalue weighted by Gasteiger charge is -2.34. The zero-order valence-corrected chi connectivity index (χ0v) is 27.4. The van der Waals surface area contributed by atoms with Crippen molar-refractivity contribution in [1.29, 1.82) is 0 Å². The van der Waals surface area contributed by atoms with Crippen molar-refractivity contribution < 1.29 is 0 Å². The highest BCUT2D eigenvalue weighted by atomic mass is 15.2. The topological polar surface area (TPSA) is 24.0 Å². The predicted octanol–water partition coefficient (Wildman–Crippen LogP) is 11.9. The summed E-state index contributed by atoms with van der Waals surface area (Å²) in [4.78, 5) is 5.90. The molecule has 1 aliphatic carbocycles. The molecule has 7 aromatic carbocycles. The fourth-order valence-corrected chi connectivity index (χ4v) is 8.41. The van der Waals surface area contributed by atoms with Crippen molar-refractivity contribution in [3.05, 3.63) is 217 Å². The van der Waals surface area contributed by atoms with Gasteiger partial charge >= 0.3 is 0 Å². The Labute approximate surface area is 291 Å². The Hall–Kier alpha value is -6.58. The number of nitrogens with zero attached hydrogens (tertiary/aromatic N) is 2. The molecule has 0 bridgehead atoms. The zero-order chi connectivity index (χ0) is 33.1. The van der Waals surface area contributed by atoms with Crippen molar-refractivity contribution in [3.8, 4) is 16.8 Å². The molecule has 236 valence electrons. The molecule has 0 unspecified atom stereocenters. The summed E-state index contributed by atoms with van der Waals surface area (Å²) in [6, 6.07) is 68.4. The number of hydrogen-bond acceptors (Lipinski definition) is 1. The molecule has 1 N–H and O–H groups in total. The molecule has 2 aromatic heterocycles. The van der Waals surface area contributed by atoms with Crippen LogP contribution in [0, 0.1) is 0 Å². The van der Waals surface area contributed by atoms with Gasteiger partial charge in [0.05, 0.1) is 16.4 Å². The summed E-state index contributed by atoms with van der Waals surface area (Å²) in [5.41, 5.74) is 12.9. The van der Waals surface area contributed by atoms with E-state index in [0.29, 0.717) is 0 Å². The Morgan fingerprint density at radius 2 is 1.04 bits per heavy atom. The van der Waals surface area contributed by atoms with Gasteiger partial charge < -0.3 is 9.55 Å². The van der Waals surface area contributed by atoms with Crippen LogP contribution in [-0.4, -0.2) is 9.55 Å². The molecular formula is C47H33N3. The Bertz CT molecular complexity index is 2600. The monoisotopic (exact) mass is 639 g/mol. The maximum Gasteiger partial charge on any atom is 0.114 e. The Balaban J connectivity index is 1.23. The molecule has 0 radical (unpaired) electrons. The second-order valence-corrected chi connectivity index (χ2v) is 13.0. The average Bonchev–Trinajstić information content (AvgIpc) is 3.91. The van der Waals surface area contributed by atoms with Gasteiger partial charge in [-0.1, -0.05) is 127 Å². The fraction of sp³-hybridized carbons (Fsp3) is 0.0213. The fourth-order valence-electron chi connectivity index (χ4n) is 8.41. The van der Waals surface area contributed by atoms with Crippen molar-refractivity contribution in [3.63, 3.8) is 0 Å². The molecule has 1 aliphatic rings. The third-order valence-electron chi connectivity index (χ3n) is 10.5. The minimum absolute atomic E-state index is 0.473. The second-order valence-electron chi connectivity index (χ2n) is 13.0. The molecule has 0 saturated heterocycles. The minimum atomic E-state index is -0.473. The smallest absolute Gasteiger partial charge is 0.114 e. The summed E-state index contributed by atoms with van der Waals surface area (Å²) in [5.74, 6) is 1.01. The Kier molecular flexibility index (Phi) is 6.40. The number of hydrogen-bond donors (Lipinski definition) is 1. The quantitative estimate of drug-likeness (QED) is 0.192. The number of nitrogens with one attached hydrogen (secondary N) is 1. The number of aromatic amines is 1. The van der Waals surface area contributed by atoms with Gasteiger partial charge in [-0.3, -0.25) is 4.90 Å². The highest BCUT2D eigenvalue weighted by Gasteiger charge is 2.46. The molecule has 0 saturated carbocycles. The van der Waals surface area contributed by atoms with Crippen molar-refractivity contribution in [2.45, 2.75) is 5.41 Å². The second kappa shape index (κ2) is 11.3. The van der Waals surface area contributed by atoms with E-state index in [1.54, 1.807) is 0 Å². The normalized spacial score (nSPS) is 13.0. The predicted molar refractivity (Wildman–Crippen MR) is 207 cm³/mol. The van der Waals surface area contributed by atoms with Crippen LogP contribution in [0.5, 0.6) is 0 Å². The number of H-pyrrole nitrogens is 1. The van der Waals surface area contributed by atoms with E-state index in [9.17, 15) is 0 Å². The van der Waals surface area contributed by atoms with E-state index >= 15 is 0 Å². The summed E-state index contributed by atoms with van der Waals surface area (Å²) >= 11 is 0. The molecule has 0 aliphatic heterocycles. The van der Waals surface area contributed by atoms with Crippen molar-refractivity contribution in [1.82, 2.24) is 9.55 Å². The first kappa shape index (κ1) is 28.4. The van der Waals surface area contributed by atoms with Crippen LogP contribution in [0.2, 0.25) is 0 Å². The third kappa shape index (κ3) is 4.10. The van der Waals surface area contributed by atoms with E-state index in [0.717, 1.165) is 22.9 Å². The molecule has 0 atom stereocenters. The van der Waals surface area contributed by atoms with Crippen molar-refractivity contribution in [2.24, 2.45) is 0 Å². The zero-order valence-electron chi connectivity index (χ0n) is 27.4. The van der Waals surface area contributed by atoms with E-state index in [1.807, 2.05) is 6.20 Å². The average molecular weight is 640 g/mol. The molecule has 2 heterocycles. The summed E-state index contributed by atoms with van der Waals surface area (Å²) < 4.78 is 2.37. The van der Waals surface area contributed by atoms with Gasteiger partial charge in [0.15, 0.2) is 0 Å². The Morgan fingerprint density at radius 1 is 0.440 bits per heavy atom. The van der Waals surface area contributed by atoms with E-state index in [-0.39, 0.29) is 0 Å². The van der Waals surface area contributed by atoms with Gasteiger partial charge in [-0.25, -0.2) is 0 Å². The minimum Gasteiger partial charge on any atom is -0.348 e. The van der Waals surface area contributed by atoms with Gasteiger partial charge in [0.25, 0.3) is 0 Å². The standard InChI is InChI=1S/C47H33N3/c1-4-15-33(16-5-1)47(34-17-6-2-7-18-34)42-23-12-10-21-38(42)39-28-26-37(32-43(39)47)49(46-25-14-30-48-46)36-27-29-45-41(31-36)40-22-11-13-24-44(40)50(45)35-19-8-3-9-20-35/h1-32,48H. The van der Waals surface area contributed by atoms with E-state index in [1.165, 1.54) is 55.2 Å². The van der Waals surface area contributed by atoms with Crippen LogP contribution < -0.4 is 4.90 Å². The molecule has 0 fully saturated rings. The number of fused-ring (bicyclic) bond motifs is 6. The molecule has 3 heteroatoms. The van der Waals surface area contributed by atoms with Crippen LogP contribution in [0.25, 0.3) is 38.6 Å². The van der Waals surface area contributed by atoms with Crippen LogP contribution in [-0.2, 0) is 5.41 Å². The molecular weight excluding hydrogens is 607 g/mol. The SMILES string of the molecule is c1ccc(-n2c3ccccc3c3cc(N(c4ccc5c(c4)C(c4ccccc4)(c4ccccc4)c4ccccc4-5)c4ccc[nH]4)ccc32)cc1. The maximum absolute atomic E-state index is 3.54. The lowest BCUT2D eigenvalue weighted by Crippen LogP contribution is -2.28. The summed E-state index contributed by atoms with van der Waals surface area (Å²) in [6.07, 6.45) is 2.00. The van der Waals surface area contributed by atoms with Crippen LogP contribution >= 0.6 is 0 Å². The summed E-state index contributed by atoms with van der Waals surface area (Å²) in [7, 11) is 0. The van der Waals surface area contributed by atoms with Gasteiger partial charge in [-0.15, -0.1) is 0 Å². The van der Waals surface area contributed by atoms with E-state index < -0.39 is 5.41 Å². The summed E-state index contributed by atoms with van der Waals surface area (Å²) in [6.45, 7) is 0. The molecule has 50 heavy (non-hydrogen) atoms. The number of aromatic nitrogens is 2. The van der Waals surface area contributed by atoms with Crippen LogP contribution in [0.3, 0.4) is 0 Å². The van der Waals surface area contributed by atoms with Gasteiger partial charge in [0, 0.05) is 34.0 Å². The van der Waals surface area contributed by atoms with Gasteiger partial charge in [-0.05, 0) is 94.0 Å². The number of rotatable bonds is 6. The Morgan fingerprint density at radius 3 is 1.78 bits per heavy atom. The van der Waals surface area contributed by atoms with Crippen molar-refractivity contribution >= 4 is 39.0 Å². The van der Waals surface area contributed by atoms with E-state index in [2.05, 4.69) is 203 Å². The van der Waals surface area contributed by atoms with Crippen LogP contribution in [0.15, 0.2) is 194 Å². The van der Waals surface area contributed by atoms with Crippen molar-refractivity contribution in [2.75, 3.05) is 4.90 Å².